The number of thiocarbonyl (C=S) groups is 1. The van der Waals surface area contributed by atoms with Gasteiger partial charge >= 0.3 is 0 Å². The third-order valence-corrected chi connectivity index (χ3v) is 6.17. The van der Waals surface area contributed by atoms with Crippen LogP contribution in [0.5, 0.6) is 0 Å². The molecule has 1 N–H and O–H groups in total. The fourth-order valence-electron chi connectivity index (χ4n) is 3.20. The normalized spacial score (nSPS) is 15.3. The molecule has 0 aromatic heterocycles. The van der Waals surface area contributed by atoms with E-state index in [1.54, 1.807) is 17.8 Å². The molecule has 1 aliphatic rings. The van der Waals surface area contributed by atoms with Crippen LogP contribution in [0.4, 0.5) is 5.69 Å². The lowest BCUT2D eigenvalue weighted by Crippen LogP contribution is -2.54. The molecule has 0 spiro atoms. The van der Waals surface area contributed by atoms with E-state index in [1.165, 1.54) is 4.90 Å². The summed E-state index contributed by atoms with van der Waals surface area (Å²) in [6.45, 7) is 2.07. The second-order valence-electron chi connectivity index (χ2n) is 6.96. The minimum Gasteiger partial charge on any atom is -0.298 e. The molecule has 0 saturated carbocycles. The molecule has 31 heavy (non-hydrogen) atoms. The largest absolute Gasteiger partial charge is 0.298 e. The van der Waals surface area contributed by atoms with Gasteiger partial charge < -0.3 is 0 Å². The molecule has 4 rings (SSSR count). The summed E-state index contributed by atoms with van der Waals surface area (Å²) in [6, 6.07) is 25.4. The quantitative estimate of drug-likeness (QED) is 0.333. The van der Waals surface area contributed by atoms with E-state index in [9.17, 15) is 9.59 Å². The fraction of sp³-hybridized carbons (Fsp3) is 0.0800. The van der Waals surface area contributed by atoms with E-state index in [0.717, 1.165) is 27.3 Å². The maximum absolute atomic E-state index is 13.1. The molecule has 1 saturated heterocycles. The van der Waals surface area contributed by atoms with Gasteiger partial charge in [0, 0.05) is 9.79 Å². The number of rotatable bonds is 5. The van der Waals surface area contributed by atoms with Crippen LogP contribution in [0.3, 0.4) is 0 Å². The second kappa shape index (κ2) is 9.29. The van der Waals surface area contributed by atoms with Gasteiger partial charge in [-0.2, -0.15) is 0 Å². The van der Waals surface area contributed by atoms with E-state index in [2.05, 4.69) is 24.4 Å². The minimum atomic E-state index is -0.487. The molecule has 2 amide bonds. The predicted molar refractivity (Wildman–Crippen MR) is 129 cm³/mol. The van der Waals surface area contributed by atoms with E-state index in [1.807, 2.05) is 66.7 Å². The van der Waals surface area contributed by atoms with Gasteiger partial charge in [0.1, 0.15) is 5.57 Å². The second-order valence-corrected chi connectivity index (χ2v) is 8.50. The van der Waals surface area contributed by atoms with Gasteiger partial charge in [-0.15, -0.1) is 0 Å². The van der Waals surface area contributed by atoms with Crippen molar-refractivity contribution in [2.24, 2.45) is 0 Å². The number of amides is 2. The molecule has 6 heteroatoms. The smallest absolute Gasteiger partial charge is 0.270 e. The molecule has 0 atom stereocenters. The van der Waals surface area contributed by atoms with Crippen molar-refractivity contribution in [3.63, 3.8) is 0 Å². The van der Waals surface area contributed by atoms with E-state index in [-0.39, 0.29) is 10.7 Å². The number of aryl methyl sites for hydroxylation is 1. The molecular formula is C25H20N2O2S2. The number of hydrogen-bond acceptors (Lipinski definition) is 4. The summed E-state index contributed by atoms with van der Waals surface area (Å²) in [5, 5.41) is 2.72. The Morgan fingerprint density at radius 3 is 2.19 bits per heavy atom. The topological polar surface area (TPSA) is 49.4 Å². The first-order chi connectivity index (χ1) is 15.0. The zero-order valence-corrected chi connectivity index (χ0v) is 18.5. The molecule has 154 valence electrons. The first-order valence-corrected chi connectivity index (χ1v) is 11.1. The molecule has 1 heterocycles. The zero-order valence-electron chi connectivity index (χ0n) is 16.9. The van der Waals surface area contributed by atoms with Gasteiger partial charge in [-0.1, -0.05) is 61.2 Å². The van der Waals surface area contributed by atoms with Gasteiger partial charge in [0.2, 0.25) is 0 Å². The highest BCUT2D eigenvalue weighted by Gasteiger charge is 2.34. The van der Waals surface area contributed by atoms with E-state index >= 15 is 0 Å². The highest BCUT2D eigenvalue weighted by Crippen LogP contribution is 2.28. The predicted octanol–water partition coefficient (Wildman–Crippen LogP) is 5.23. The van der Waals surface area contributed by atoms with Crippen LogP contribution in [0, 0.1) is 0 Å². The highest BCUT2D eigenvalue weighted by molar-refractivity contribution is 7.99. The van der Waals surface area contributed by atoms with Crippen LogP contribution in [0.15, 0.2) is 94.2 Å². The summed E-state index contributed by atoms with van der Waals surface area (Å²) in [4.78, 5) is 29.2. The SMILES string of the molecule is CCc1ccc(N2C(=O)/C(=C/c3ccc(Sc4ccccc4)cc3)C(=O)NC2=S)cc1. The molecule has 1 aliphatic heterocycles. The van der Waals surface area contributed by atoms with Crippen molar-refractivity contribution in [1.82, 2.24) is 5.32 Å². The first kappa shape index (κ1) is 21.0. The van der Waals surface area contributed by atoms with Crippen LogP contribution in [0.2, 0.25) is 0 Å². The van der Waals surface area contributed by atoms with Crippen LogP contribution in [0.25, 0.3) is 6.08 Å². The summed E-state index contributed by atoms with van der Waals surface area (Å²) in [5.74, 6) is -0.917. The molecule has 3 aromatic carbocycles. The molecule has 0 bridgehead atoms. The Morgan fingerprint density at radius 2 is 1.55 bits per heavy atom. The maximum atomic E-state index is 13.1. The van der Waals surface area contributed by atoms with Gasteiger partial charge in [-0.25, -0.2) is 0 Å². The highest BCUT2D eigenvalue weighted by atomic mass is 32.2. The van der Waals surface area contributed by atoms with Gasteiger partial charge in [-0.3, -0.25) is 19.8 Å². The van der Waals surface area contributed by atoms with Crippen LogP contribution in [-0.4, -0.2) is 16.9 Å². The fourth-order valence-corrected chi connectivity index (χ4v) is 4.31. The Kier molecular flexibility index (Phi) is 6.30. The molecular weight excluding hydrogens is 424 g/mol. The zero-order chi connectivity index (χ0) is 21.8. The van der Waals surface area contributed by atoms with Crippen molar-refractivity contribution in [2.75, 3.05) is 4.90 Å². The van der Waals surface area contributed by atoms with Gasteiger partial charge in [0.15, 0.2) is 5.11 Å². The Bertz CT molecular complexity index is 1150. The van der Waals surface area contributed by atoms with Crippen LogP contribution in [0.1, 0.15) is 18.1 Å². The van der Waals surface area contributed by atoms with Crippen molar-refractivity contribution >= 4 is 52.7 Å². The van der Waals surface area contributed by atoms with Crippen LogP contribution >= 0.6 is 24.0 Å². The van der Waals surface area contributed by atoms with Crippen LogP contribution < -0.4 is 10.2 Å². The summed E-state index contributed by atoms with van der Waals surface area (Å²) in [7, 11) is 0. The molecule has 0 unspecified atom stereocenters. The maximum Gasteiger partial charge on any atom is 0.270 e. The van der Waals surface area contributed by atoms with Crippen molar-refractivity contribution in [3.05, 3.63) is 95.6 Å². The molecule has 0 radical (unpaired) electrons. The van der Waals surface area contributed by atoms with E-state index in [0.29, 0.717) is 5.69 Å². The lowest BCUT2D eigenvalue weighted by Gasteiger charge is -2.29. The lowest BCUT2D eigenvalue weighted by atomic mass is 10.1. The molecule has 0 aliphatic carbocycles. The monoisotopic (exact) mass is 444 g/mol. The Hall–Kier alpha value is -3.22. The standard InChI is InChI=1S/C25H20N2O2S2/c1-2-17-8-12-19(13-9-17)27-24(29)22(23(28)26-25(27)30)16-18-10-14-21(15-11-18)31-20-6-4-3-5-7-20/h3-16H,2H2,1H3,(H,26,28,30)/b22-16+. The van der Waals surface area contributed by atoms with E-state index in [4.69, 9.17) is 12.2 Å². The average Bonchev–Trinajstić information content (AvgIpc) is 2.79. The number of benzene rings is 3. The number of carbonyl (C=O) groups is 2. The van der Waals surface area contributed by atoms with Crippen molar-refractivity contribution in [3.8, 4) is 0 Å². The van der Waals surface area contributed by atoms with Crippen LogP contribution in [-0.2, 0) is 16.0 Å². The lowest BCUT2D eigenvalue weighted by molar-refractivity contribution is -0.122. The summed E-state index contributed by atoms with van der Waals surface area (Å²) in [5.41, 5.74) is 2.61. The minimum absolute atomic E-state index is 0.0524. The number of hydrogen-bond donors (Lipinski definition) is 1. The van der Waals surface area contributed by atoms with Gasteiger partial charge in [0.25, 0.3) is 11.8 Å². The van der Waals surface area contributed by atoms with Crippen molar-refractivity contribution in [1.29, 1.82) is 0 Å². The summed E-state index contributed by atoms with van der Waals surface area (Å²) < 4.78 is 0. The Morgan fingerprint density at radius 1 is 0.903 bits per heavy atom. The third kappa shape index (κ3) is 4.76. The summed E-state index contributed by atoms with van der Waals surface area (Å²) in [6.07, 6.45) is 2.50. The molecule has 4 nitrogen and oxygen atoms in total. The van der Waals surface area contributed by atoms with E-state index < -0.39 is 11.8 Å². The number of nitrogens with one attached hydrogen (secondary N) is 1. The first-order valence-electron chi connectivity index (χ1n) is 9.88. The molecule has 3 aromatic rings. The van der Waals surface area contributed by atoms with Gasteiger partial charge in [0.05, 0.1) is 5.69 Å². The average molecular weight is 445 g/mol. The number of anilines is 1. The molecule has 1 fully saturated rings. The Balaban J connectivity index is 1.57. The van der Waals surface area contributed by atoms with Crippen molar-refractivity contribution < 1.29 is 9.59 Å². The number of nitrogens with zero attached hydrogens (tertiary/aromatic N) is 1. The van der Waals surface area contributed by atoms with Crippen molar-refractivity contribution in [2.45, 2.75) is 23.1 Å². The Labute approximate surface area is 191 Å². The number of carbonyl (C=O) groups excluding carboxylic acids is 2. The third-order valence-electron chi connectivity index (χ3n) is 4.87. The summed E-state index contributed by atoms with van der Waals surface area (Å²) >= 11 is 6.92. The van der Waals surface area contributed by atoms with Gasteiger partial charge in [-0.05, 0) is 72.2 Å².